The first-order chi connectivity index (χ1) is 10.9. The lowest BCUT2D eigenvalue weighted by molar-refractivity contribution is -0.143. The summed E-state index contributed by atoms with van der Waals surface area (Å²) in [4.78, 5) is 25.1. The van der Waals surface area contributed by atoms with E-state index in [9.17, 15) is 22.8 Å². The van der Waals surface area contributed by atoms with Gasteiger partial charge in [-0.2, -0.15) is 13.2 Å². The molecule has 0 heterocycles. The fourth-order valence-electron chi connectivity index (χ4n) is 2.19. The van der Waals surface area contributed by atoms with Gasteiger partial charge >= 0.3 is 6.18 Å². The van der Waals surface area contributed by atoms with Crippen LogP contribution in [0.15, 0.2) is 0 Å². The Morgan fingerprint density at radius 1 is 1.12 bits per heavy atom. The highest BCUT2D eigenvalue weighted by molar-refractivity contribution is 5.87. The molecule has 0 aromatic heterocycles. The summed E-state index contributed by atoms with van der Waals surface area (Å²) in [5, 5.41) is 5.40. The Balaban J connectivity index is 4.23. The van der Waals surface area contributed by atoms with Crippen LogP contribution in [0.5, 0.6) is 0 Å². The molecular weight excluding hydrogens is 323 g/mol. The molecule has 0 spiro atoms. The minimum absolute atomic E-state index is 0.0750. The first-order valence-electron chi connectivity index (χ1n) is 8.24. The lowest BCUT2D eigenvalue weighted by Crippen LogP contribution is -2.50. The summed E-state index contributed by atoms with van der Waals surface area (Å²) >= 11 is 0. The second-order valence-corrected chi connectivity index (χ2v) is 6.88. The summed E-state index contributed by atoms with van der Waals surface area (Å²) in [5.41, 5.74) is 0. The van der Waals surface area contributed by atoms with Crippen LogP contribution in [-0.2, 0) is 9.59 Å². The van der Waals surface area contributed by atoms with Gasteiger partial charge in [0, 0.05) is 13.0 Å². The van der Waals surface area contributed by atoms with Crippen molar-refractivity contribution in [1.82, 2.24) is 15.5 Å². The molecular formula is C16H30F3N3O2. The van der Waals surface area contributed by atoms with E-state index in [1.165, 1.54) is 7.05 Å². The van der Waals surface area contributed by atoms with E-state index < -0.39 is 18.8 Å². The van der Waals surface area contributed by atoms with E-state index >= 15 is 0 Å². The molecule has 0 saturated carbocycles. The maximum absolute atomic E-state index is 12.2. The Morgan fingerprint density at radius 3 is 2.17 bits per heavy atom. The number of nitrogens with one attached hydrogen (secondary N) is 2. The summed E-state index contributed by atoms with van der Waals surface area (Å²) in [6.07, 6.45) is -3.47. The van der Waals surface area contributed by atoms with Crippen molar-refractivity contribution >= 4 is 11.8 Å². The molecule has 142 valence electrons. The van der Waals surface area contributed by atoms with E-state index in [4.69, 9.17) is 0 Å². The van der Waals surface area contributed by atoms with Crippen molar-refractivity contribution in [3.63, 3.8) is 0 Å². The SMILES string of the molecule is CC(C)CC(=O)NC(C(=O)NCCCN(C)CC(F)(F)F)C(C)C. The van der Waals surface area contributed by atoms with Crippen LogP contribution in [0.4, 0.5) is 13.2 Å². The fraction of sp³-hybridized carbons (Fsp3) is 0.875. The molecule has 0 aromatic rings. The monoisotopic (exact) mass is 353 g/mol. The van der Waals surface area contributed by atoms with E-state index in [0.717, 1.165) is 4.90 Å². The number of alkyl halides is 3. The Labute approximate surface area is 142 Å². The zero-order valence-electron chi connectivity index (χ0n) is 15.2. The topological polar surface area (TPSA) is 61.4 Å². The van der Waals surface area contributed by atoms with Gasteiger partial charge in [0.25, 0.3) is 0 Å². The van der Waals surface area contributed by atoms with Crippen LogP contribution in [0.2, 0.25) is 0 Å². The predicted molar refractivity (Wildman–Crippen MR) is 87.4 cm³/mol. The Hall–Kier alpha value is -1.31. The van der Waals surface area contributed by atoms with Crippen molar-refractivity contribution in [2.75, 3.05) is 26.7 Å². The third-order valence-corrected chi connectivity index (χ3v) is 3.32. The van der Waals surface area contributed by atoms with Crippen LogP contribution in [0, 0.1) is 11.8 Å². The predicted octanol–water partition coefficient (Wildman–Crippen LogP) is 2.17. The van der Waals surface area contributed by atoms with E-state index in [1.807, 2.05) is 27.7 Å². The van der Waals surface area contributed by atoms with Gasteiger partial charge in [-0.3, -0.25) is 14.5 Å². The van der Waals surface area contributed by atoms with Gasteiger partial charge in [-0.1, -0.05) is 27.7 Å². The maximum Gasteiger partial charge on any atom is 0.401 e. The van der Waals surface area contributed by atoms with Crippen molar-refractivity contribution in [3.05, 3.63) is 0 Å². The normalized spacial score (nSPS) is 13.5. The molecule has 2 amide bonds. The molecule has 5 nitrogen and oxygen atoms in total. The summed E-state index contributed by atoms with van der Waals surface area (Å²) in [6.45, 7) is 7.02. The minimum atomic E-state index is -4.22. The van der Waals surface area contributed by atoms with Gasteiger partial charge in [0.05, 0.1) is 6.54 Å². The van der Waals surface area contributed by atoms with Crippen molar-refractivity contribution in [2.24, 2.45) is 11.8 Å². The van der Waals surface area contributed by atoms with Crippen LogP contribution in [0.1, 0.15) is 40.5 Å². The number of halogens is 3. The van der Waals surface area contributed by atoms with E-state index in [2.05, 4.69) is 10.6 Å². The molecule has 0 rings (SSSR count). The maximum atomic E-state index is 12.2. The van der Waals surface area contributed by atoms with Gasteiger partial charge in [-0.15, -0.1) is 0 Å². The first kappa shape index (κ1) is 22.7. The Morgan fingerprint density at radius 2 is 1.71 bits per heavy atom. The van der Waals surface area contributed by atoms with Crippen molar-refractivity contribution < 1.29 is 22.8 Å². The molecule has 0 bridgehead atoms. The fourth-order valence-corrected chi connectivity index (χ4v) is 2.19. The van der Waals surface area contributed by atoms with Crippen LogP contribution in [-0.4, -0.2) is 55.6 Å². The van der Waals surface area contributed by atoms with Gasteiger partial charge in [-0.25, -0.2) is 0 Å². The number of hydrogen-bond donors (Lipinski definition) is 2. The first-order valence-corrected chi connectivity index (χ1v) is 8.24. The number of rotatable bonds is 10. The Kier molecular flexibility index (Phi) is 9.96. The molecule has 0 saturated heterocycles. The van der Waals surface area contributed by atoms with Crippen molar-refractivity contribution in [3.8, 4) is 0 Å². The quantitative estimate of drug-likeness (QED) is 0.592. The van der Waals surface area contributed by atoms with Crippen molar-refractivity contribution in [2.45, 2.75) is 52.8 Å². The molecule has 1 unspecified atom stereocenters. The molecule has 0 aliphatic rings. The molecule has 2 N–H and O–H groups in total. The highest BCUT2D eigenvalue weighted by Gasteiger charge is 2.29. The van der Waals surface area contributed by atoms with Gasteiger partial charge in [-0.05, 0) is 31.8 Å². The molecule has 1 atom stereocenters. The minimum Gasteiger partial charge on any atom is -0.354 e. The molecule has 0 aliphatic heterocycles. The molecule has 24 heavy (non-hydrogen) atoms. The smallest absolute Gasteiger partial charge is 0.354 e. The molecule has 0 fully saturated rings. The average molecular weight is 353 g/mol. The number of amides is 2. The Bertz CT molecular complexity index is 399. The number of carbonyl (C=O) groups is 2. The summed E-state index contributed by atoms with van der Waals surface area (Å²) < 4.78 is 36.6. The highest BCUT2D eigenvalue weighted by Crippen LogP contribution is 2.15. The van der Waals surface area contributed by atoms with Gasteiger partial charge in [0.2, 0.25) is 11.8 Å². The van der Waals surface area contributed by atoms with Gasteiger partial charge in [0.1, 0.15) is 6.04 Å². The lowest BCUT2D eigenvalue weighted by atomic mass is 10.0. The van der Waals surface area contributed by atoms with Crippen LogP contribution >= 0.6 is 0 Å². The lowest BCUT2D eigenvalue weighted by Gasteiger charge is -2.23. The number of carbonyl (C=O) groups excluding carboxylic acids is 2. The standard InChI is InChI=1S/C16H30F3N3O2/c1-11(2)9-13(23)21-14(12(3)4)15(24)20-7-6-8-22(5)10-16(17,18)19/h11-12,14H,6-10H2,1-5H3,(H,20,24)(H,21,23). The zero-order chi connectivity index (χ0) is 18.9. The van der Waals surface area contributed by atoms with Crippen LogP contribution in [0.25, 0.3) is 0 Å². The average Bonchev–Trinajstić information content (AvgIpc) is 2.37. The largest absolute Gasteiger partial charge is 0.401 e. The molecule has 0 radical (unpaired) electrons. The van der Waals surface area contributed by atoms with Gasteiger partial charge in [0.15, 0.2) is 0 Å². The van der Waals surface area contributed by atoms with Crippen LogP contribution < -0.4 is 10.6 Å². The van der Waals surface area contributed by atoms with E-state index in [-0.39, 0.29) is 36.7 Å². The van der Waals surface area contributed by atoms with Gasteiger partial charge < -0.3 is 10.6 Å². The van der Waals surface area contributed by atoms with E-state index in [0.29, 0.717) is 12.8 Å². The summed E-state index contributed by atoms with van der Waals surface area (Å²) in [6, 6.07) is -0.635. The van der Waals surface area contributed by atoms with E-state index in [1.54, 1.807) is 0 Å². The number of nitrogens with zero attached hydrogens (tertiary/aromatic N) is 1. The third-order valence-electron chi connectivity index (χ3n) is 3.32. The second kappa shape index (κ2) is 10.5. The second-order valence-electron chi connectivity index (χ2n) is 6.88. The van der Waals surface area contributed by atoms with Crippen molar-refractivity contribution in [1.29, 1.82) is 0 Å². The molecule has 0 aliphatic carbocycles. The highest BCUT2D eigenvalue weighted by atomic mass is 19.4. The number of hydrogen-bond acceptors (Lipinski definition) is 3. The molecule has 0 aromatic carbocycles. The summed E-state index contributed by atoms with van der Waals surface area (Å²) in [5.74, 6) is -0.358. The molecule has 8 heteroatoms. The summed E-state index contributed by atoms with van der Waals surface area (Å²) in [7, 11) is 1.39. The zero-order valence-corrected chi connectivity index (χ0v) is 15.2. The van der Waals surface area contributed by atoms with Crippen LogP contribution in [0.3, 0.4) is 0 Å². The third kappa shape index (κ3) is 11.3.